The van der Waals surface area contributed by atoms with Crippen LogP contribution in [0.15, 0.2) is 24.3 Å². The van der Waals surface area contributed by atoms with Gasteiger partial charge in [0.1, 0.15) is 17.3 Å². The molecule has 3 aliphatic carbocycles. The fourth-order valence-corrected chi connectivity index (χ4v) is 4.94. The second-order valence-electron chi connectivity index (χ2n) is 8.82. The van der Waals surface area contributed by atoms with E-state index in [9.17, 15) is 19.1 Å². The third-order valence-corrected chi connectivity index (χ3v) is 6.89. The molecule has 3 saturated carbocycles. The normalized spacial score (nSPS) is 26.6. The Balaban J connectivity index is 1.35. The van der Waals surface area contributed by atoms with E-state index in [2.05, 4.69) is 15.7 Å². The number of aromatic nitrogens is 2. The minimum atomic E-state index is -0.810. The van der Waals surface area contributed by atoms with Crippen molar-refractivity contribution in [2.45, 2.75) is 56.2 Å². The predicted octanol–water partition coefficient (Wildman–Crippen LogP) is 2.26. The maximum atomic E-state index is 13.5. The molecular formula is C22H26ClFN4O4. The summed E-state index contributed by atoms with van der Waals surface area (Å²) in [5.41, 5.74) is -0.0506. The highest BCUT2D eigenvalue weighted by atomic mass is 35.5. The van der Waals surface area contributed by atoms with E-state index >= 15 is 0 Å². The average Bonchev–Trinajstić information content (AvgIpc) is 3.08. The van der Waals surface area contributed by atoms with Gasteiger partial charge in [0.15, 0.2) is 6.61 Å². The Morgan fingerprint density at radius 3 is 2.59 bits per heavy atom. The fraction of sp³-hybridized carbons (Fsp3) is 0.500. The van der Waals surface area contributed by atoms with Crippen molar-refractivity contribution < 1.29 is 23.8 Å². The van der Waals surface area contributed by atoms with Crippen LogP contribution in [0.5, 0.6) is 5.75 Å². The number of benzene rings is 1. The van der Waals surface area contributed by atoms with Crippen LogP contribution in [0, 0.1) is 12.7 Å². The lowest BCUT2D eigenvalue weighted by Gasteiger charge is -2.56. The highest BCUT2D eigenvalue weighted by Gasteiger charge is 2.55. The van der Waals surface area contributed by atoms with Gasteiger partial charge >= 0.3 is 0 Å². The van der Waals surface area contributed by atoms with E-state index < -0.39 is 28.9 Å². The largest absolute Gasteiger partial charge is 0.484 e. The van der Waals surface area contributed by atoms with Crippen LogP contribution in [0.25, 0.3) is 0 Å². The molecule has 0 radical (unpaired) electrons. The number of aryl methyl sites for hydroxylation is 2. The molecule has 0 spiro atoms. The number of amides is 2. The van der Waals surface area contributed by atoms with Crippen LogP contribution in [-0.2, 0) is 11.8 Å². The van der Waals surface area contributed by atoms with Gasteiger partial charge in [-0.1, -0.05) is 11.6 Å². The summed E-state index contributed by atoms with van der Waals surface area (Å²) in [6.45, 7) is 1.52. The third-order valence-electron chi connectivity index (χ3n) is 6.58. The second-order valence-corrected chi connectivity index (χ2v) is 9.23. The molecule has 1 aromatic carbocycles. The molecule has 5 rings (SSSR count). The zero-order chi connectivity index (χ0) is 23.1. The minimum Gasteiger partial charge on any atom is -0.484 e. The first-order chi connectivity index (χ1) is 15.1. The van der Waals surface area contributed by atoms with Crippen molar-refractivity contribution in [2.75, 3.05) is 6.61 Å². The van der Waals surface area contributed by atoms with E-state index in [0.717, 1.165) is 11.8 Å². The Kier molecular flexibility index (Phi) is 5.89. The monoisotopic (exact) mass is 464 g/mol. The van der Waals surface area contributed by atoms with Gasteiger partial charge in [0.2, 0.25) is 0 Å². The lowest BCUT2D eigenvalue weighted by Crippen LogP contribution is -2.70. The summed E-state index contributed by atoms with van der Waals surface area (Å²) in [5.74, 6) is -1.05. The Hall–Kier alpha value is -2.65. The van der Waals surface area contributed by atoms with Gasteiger partial charge in [-0.05, 0) is 57.2 Å². The van der Waals surface area contributed by atoms with Crippen molar-refractivity contribution in [3.8, 4) is 5.75 Å². The van der Waals surface area contributed by atoms with Gasteiger partial charge < -0.3 is 20.5 Å². The number of aliphatic hydroxyl groups is 1. The Morgan fingerprint density at radius 2 is 2.00 bits per heavy atom. The molecule has 2 aromatic rings. The number of halogens is 2. The molecule has 0 unspecified atom stereocenters. The first kappa shape index (κ1) is 22.5. The van der Waals surface area contributed by atoms with Crippen LogP contribution in [0.3, 0.4) is 0 Å². The summed E-state index contributed by atoms with van der Waals surface area (Å²) in [4.78, 5) is 25.3. The molecular weight excluding hydrogens is 439 g/mol. The Labute approximate surface area is 190 Å². The SMILES string of the molecule is Cc1cc(C(=O)NC23CCC(NC(=O)COc4ccc(Cl)c(F)c4)(CC2)[C@@H](O)C3)n(C)n1. The number of carbonyl (C=O) groups excluding carboxylic acids is 2. The molecule has 3 N–H and O–H groups in total. The number of rotatable bonds is 6. The number of aliphatic hydroxyl groups excluding tert-OH is 1. The number of hydrogen-bond acceptors (Lipinski definition) is 5. The van der Waals surface area contributed by atoms with Gasteiger partial charge in [-0.2, -0.15) is 5.10 Å². The lowest BCUT2D eigenvalue weighted by molar-refractivity contribution is -0.132. The van der Waals surface area contributed by atoms with Crippen LogP contribution in [-0.4, -0.2) is 50.5 Å². The first-order valence-corrected chi connectivity index (χ1v) is 10.9. The molecule has 8 nitrogen and oxygen atoms in total. The summed E-state index contributed by atoms with van der Waals surface area (Å²) >= 11 is 5.65. The van der Waals surface area contributed by atoms with Crippen molar-refractivity contribution in [1.82, 2.24) is 20.4 Å². The standard InChI is InChI=1S/C22H26ClFN4O4/c1-13-9-17(28(2)27-13)20(31)26-21-5-7-22(8-6-21,18(29)11-21)25-19(30)12-32-14-3-4-15(23)16(24)10-14/h3-4,9-10,18,29H,5-8,11-12H2,1-2H3,(H,25,30)(H,26,31)/t18-,21?,22?/m0/s1. The molecule has 10 heteroatoms. The van der Waals surface area contributed by atoms with Crippen molar-refractivity contribution in [3.05, 3.63) is 46.5 Å². The van der Waals surface area contributed by atoms with E-state index in [1.807, 2.05) is 6.92 Å². The number of hydrogen-bond donors (Lipinski definition) is 3. The van der Waals surface area contributed by atoms with E-state index in [1.165, 1.54) is 12.1 Å². The maximum Gasteiger partial charge on any atom is 0.269 e. The van der Waals surface area contributed by atoms with Crippen LogP contribution in [0.1, 0.15) is 48.3 Å². The van der Waals surface area contributed by atoms with Crippen molar-refractivity contribution in [2.24, 2.45) is 7.05 Å². The molecule has 1 atom stereocenters. The number of ether oxygens (including phenoxy) is 1. The summed E-state index contributed by atoms with van der Waals surface area (Å²) in [6.07, 6.45) is 1.86. The summed E-state index contributed by atoms with van der Waals surface area (Å²) in [5, 5.41) is 21.1. The lowest BCUT2D eigenvalue weighted by atomic mass is 9.60. The van der Waals surface area contributed by atoms with Gasteiger partial charge in [-0.25, -0.2) is 4.39 Å². The molecule has 2 amide bonds. The molecule has 2 bridgehead atoms. The smallest absolute Gasteiger partial charge is 0.269 e. The van der Waals surface area contributed by atoms with Crippen LogP contribution >= 0.6 is 11.6 Å². The Bertz CT molecular complexity index is 1050. The molecule has 3 fully saturated rings. The Morgan fingerprint density at radius 1 is 1.28 bits per heavy atom. The van der Waals surface area contributed by atoms with Crippen molar-refractivity contribution in [3.63, 3.8) is 0 Å². The number of nitrogens with one attached hydrogen (secondary N) is 2. The third kappa shape index (κ3) is 4.31. The van der Waals surface area contributed by atoms with Crippen LogP contribution in [0.4, 0.5) is 4.39 Å². The zero-order valence-electron chi connectivity index (χ0n) is 18.0. The summed E-state index contributed by atoms with van der Waals surface area (Å²) < 4.78 is 20.4. The number of nitrogens with zero attached hydrogens (tertiary/aromatic N) is 2. The number of carbonyl (C=O) groups is 2. The van der Waals surface area contributed by atoms with Crippen LogP contribution in [0.2, 0.25) is 5.02 Å². The van der Waals surface area contributed by atoms with Crippen LogP contribution < -0.4 is 15.4 Å². The molecule has 0 aliphatic heterocycles. The van der Waals surface area contributed by atoms with E-state index in [1.54, 1.807) is 17.8 Å². The molecule has 32 heavy (non-hydrogen) atoms. The number of fused-ring (bicyclic) bond motifs is 3. The van der Waals surface area contributed by atoms with Gasteiger partial charge in [-0.15, -0.1) is 0 Å². The second kappa shape index (κ2) is 8.37. The molecule has 1 heterocycles. The van der Waals surface area contributed by atoms with Gasteiger partial charge in [0.05, 0.1) is 22.4 Å². The molecule has 3 aliphatic rings. The van der Waals surface area contributed by atoms with Crippen molar-refractivity contribution in [1.29, 1.82) is 0 Å². The quantitative estimate of drug-likeness (QED) is 0.608. The maximum absolute atomic E-state index is 13.5. The molecule has 172 valence electrons. The minimum absolute atomic E-state index is 0.0256. The topological polar surface area (TPSA) is 105 Å². The van der Waals surface area contributed by atoms with Gasteiger partial charge in [0, 0.05) is 18.7 Å². The van der Waals surface area contributed by atoms with Gasteiger partial charge in [0.25, 0.3) is 11.8 Å². The summed E-state index contributed by atoms with van der Waals surface area (Å²) in [6, 6.07) is 5.68. The predicted molar refractivity (Wildman–Crippen MR) is 115 cm³/mol. The fourth-order valence-electron chi connectivity index (χ4n) is 4.82. The van der Waals surface area contributed by atoms with E-state index in [0.29, 0.717) is 37.8 Å². The molecule has 1 aromatic heterocycles. The highest BCUT2D eigenvalue weighted by molar-refractivity contribution is 6.30. The van der Waals surface area contributed by atoms with Gasteiger partial charge in [-0.3, -0.25) is 14.3 Å². The van der Waals surface area contributed by atoms with E-state index in [-0.39, 0.29) is 23.3 Å². The van der Waals surface area contributed by atoms with Crippen molar-refractivity contribution >= 4 is 23.4 Å². The summed E-state index contributed by atoms with van der Waals surface area (Å²) in [7, 11) is 1.72. The van der Waals surface area contributed by atoms with E-state index in [4.69, 9.17) is 16.3 Å². The first-order valence-electron chi connectivity index (χ1n) is 10.5. The average molecular weight is 465 g/mol. The highest BCUT2D eigenvalue weighted by Crippen LogP contribution is 2.47. The molecule has 0 saturated heterocycles. The zero-order valence-corrected chi connectivity index (χ0v) is 18.7.